The number of nitrogens with zero attached hydrogens (tertiary/aromatic N) is 1. The predicted octanol–water partition coefficient (Wildman–Crippen LogP) is 1.47. The van der Waals surface area contributed by atoms with Gasteiger partial charge in [-0.2, -0.15) is 0 Å². The Hall–Kier alpha value is -0.370. The van der Waals surface area contributed by atoms with Gasteiger partial charge in [0.15, 0.2) is 0 Å². The lowest BCUT2D eigenvalue weighted by molar-refractivity contribution is 0.408. The second-order valence-corrected chi connectivity index (χ2v) is 3.12. The lowest BCUT2D eigenvalue weighted by Gasteiger charge is -2.27. The van der Waals surface area contributed by atoms with Gasteiger partial charge in [0.2, 0.25) is 0 Å². The Kier molecular flexibility index (Phi) is 3.57. The van der Waals surface area contributed by atoms with Gasteiger partial charge in [0.1, 0.15) is 0 Å². The van der Waals surface area contributed by atoms with Gasteiger partial charge < -0.3 is 5.32 Å². The van der Waals surface area contributed by atoms with Crippen molar-refractivity contribution in [2.24, 2.45) is 10.9 Å². The van der Waals surface area contributed by atoms with Crippen molar-refractivity contribution in [1.29, 1.82) is 0 Å². The van der Waals surface area contributed by atoms with E-state index < -0.39 is 0 Å². The molecule has 0 heterocycles. The molecule has 0 amide bonds. The molecule has 1 saturated carbocycles. The normalized spacial score (nSPS) is 20.0. The molecule has 1 rings (SSSR count). The molecule has 0 saturated heterocycles. The molecule has 2 heteroatoms. The van der Waals surface area contributed by atoms with Crippen LogP contribution < -0.4 is 5.32 Å². The van der Waals surface area contributed by atoms with E-state index in [0.717, 1.165) is 19.0 Å². The van der Waals surface area contributed by atoms with Gasteiger partial charge in [-0.05, 0) is 25.3 Å². The summed E-state index contributed by atoms with van der Waals surface area (Å²) in [5, 5.41) is 3.32. The third kappa shape index (κ3) is 2.29. The molecule has 0 unspecified atom stereocenters. The molecule has 11 heavy (non-hydrogen) atoms. The summed E-state index contributed by atoms with van der Waals surface area (Å²) in [5.74, 6) is 0.805. The maximum Gasteiger partial charge on any atom is 0.0337 e. The maximum absolute atomic E-state index is 4.30. The first kappa shape index (κ1) is 8.72. The van der Waals surface area contributed by atoms with E-state index in [0.29, 0.717) is 0 Å². The van der Waals surface area contributed by atoms with Crippen LogP contribution in [-0.2, 0) is 0 Å². The predicted molar refractivity (Wildman–Crippen MR) is 49.2 cm³/mol. The molecule has 1 fully saturated rings. The third-order valence-electron chi connectivity index (χ3n) is 2.42. The molecule has 0 aromatic heterocycles. The summed E-state index contributed by atoms with van der Waals surface area (Å²) in [6, 6.07) is 0. The molecule has 0 radical (unpaired) electrons. The van der Waals surface area contributed by atoms with Crippen molar-refractivity contribution in [2.45, 2.75) is 26.2 Å². The van der Waals surface area contributed by atoms with E-state index >= 15 is 0 Å². The van der Waals surface area contributed by atoms with E-state index in [4.69, 9.17) is 0 Å². The zero-order chi connectivity index (χ0) is 8.10. The fraction of sp³-hybridized carbons (Fsp3) is 0.889. The minimum absolute atomic E-state index is 0.805. The molecule has 0 atom stereocenters. The standard InChI is InChI=1S/C9H18N2/c1-3-11-7-9(10-2)8-5-4-6-8/h8,11H,3-7H2,1-2H3. The van der Waals surface area contributed by atoms with E-state index in [1.165, 1.54) is 25.0 Å². The number of nitrogens with one attached hydrogen (secondary N) is 1. The zero-order valence-corrected chi connectivity index (χ0v) is 7.56. The topological polar surface area (TPSA) is 24.4 Å². The van der Waals surface area contributed by atoms with Gasteiger partial charge in [-0.25, -0.2) is 0 Å². The second-order valence-electron chi connectivity index (χ2n) is 3.12. The van der Waals surface area contributed by atoms with Crippen molar-refractivity contribution < 1.29 is 0 Å². The number of aliphatic imine (C=N–C) groups is 1. The van der Waals surface area contributed by atoms with Crippen LogP contribution in [0.5, 0.6) is 0 Å². The Balaban J connectivity index is 2.25. The van der Waals surface area contributed by atoms with Gasteiger partial charge in [0.25, 0.3) is 0 Å². The molecular formula is C9H18N2. The van der Waals surface area contributed by atoms with Crippen LogP contribution in [0.25, 0.3) is 0 Å². The molecule has 1 aliphatic carbocycles. The monoisotopic (exact) mass is 154 g/mol. The molecule has 0 aromatic rings. The molecule has 64 valence electrons. The highest BCUT2D eigenvalue weighted by Crippen LogP contribution is 2.27. The minimum atomic E-state index is 0.805. The molecule has 0 aliphatic heterocycles. The lowest BCUT2D eigenvalue weighted by Crippen LogP contribution is -2.31. The van der Waals surface area contributed by atoms with Crippen LogP contribution in [0.15, 0.2) is 4.99 Å². The fourth-order valence-corrected chi connectivity index (χ4v) is 1.40. The highest BCUT2D eigenvalue weighted by Gasteiger charge is 2.21. The Bertz CT molecular complexity index is 136. The van der Waals surface area contributed by atoms with Crippen molar-refractivity contribution in [1.82, 2.24) is 5.32 Å². The summed E-state index contributed by atoms with van der Waals surface area (Å²) >= 11 is 0. The van der Waals surface area contributed by atoms with E-state index in [2.05, 4.69) is 17.2 Å². The first-order chi connectivity index (χ1) is 5.38. The van der Waals surface area contributed by atoms with Crippen molar-refractivity contribution in [3.05, 3.63) is 0 Å². The van der Waals surface area contributed by atoms with Crippen molar-refractivity contribution >= 4 is 5.71 Å². The van der Waals surface area contributed by atoms with Gasteiger partial charge >= 0.3 is 0 Å². The van der Waals surface area contributed by atoms with Crippen LogP contribution in [0.2, 0.25) is 0 Å². The molecular weight excluding hydrogens is 136 g/mol. The van der Waals surface area contributed by atoms with Crippen LogP contribution in [0.1, 0.15) is 26.2 Å². The van der Waals surface area contributed by atoms with Crippen LogP contribution >= 0.6 is 0 Å². The minimum Gasteiger partial charge on any atom is -0.312 e. The van der Waals surface area contributed by atoms with Gasteiger partial charge in [-0.1, -0.05) is 13.3 Å². The van der Waals surface area contributed by atoms with E-state index in [9.17, 15) is 0 Å². The van der Waals surface area contributed by atoms with Gasteiger partial charge in [0.05, 0.1) is 0 Å². The van der Waals surface area contributed by atoms with Crippen LogP contribution in [-0.4, -0.2) is 25.8 Å². The summed E-state index contributed by atoms with van der Waals surface area (Å²) in [4.78, 5) is 4.30. The number of hydrogen-bond donors (Lipinski definition) is 1. The lowest BCUT2D eigenvalue weighted by atomic mass is 9.81. The Morgan fingerprint density at radius 2 is 2.27 bits per heavy atom. The summed E-state index contributed by atoms with van der Waals surface area (Å²) in [6.45, 7) is 4.18. The fourth-order valence-electron chi connectivity index (χ4n) is 1.40. The Morgan fingerprint density at radius 3 is 2.64 bits per heavy atom. The maximum atomic E-state index is 4.30. The summed E-state index contributed by atoms with van der Waals surface area (Å²) in [5.41, 5.74) is 1.37. The van der Waals surface area contributed by atoms with Gasteiger partial charge in [-0.3, -0.25) is 4.99 Å². The molecule has 1 N–H and O–H groups in total. The largest absolute Gasteiger partial charge is 0.312 e. The van der Waals surface area contributed by atoms with Gasteiger partial charge in [0, 0.05) is 19.3 Å². The SMILES string of the molecule is CCNCC(=NC)C1CCC1. The van der Waals surface area contributed by atoms with Crippen molar-refractivity contribution in [3.8, 4) is 0 Å². The summed E-state index contributed by atoms with van der Waals surface area (Å²) in [6.07, 6.45) is 4.12. The summed E-state index contributed by atoms with van der Waals surface area (Å²) < 4.78 is 0. The first-order valence-corrected chi connectivity index (χ1v) is 4.54. The average molecular weight is 154 g/mol. The Labute approximate surface area is 69.1 Å². The smallest absolute Gasteiger partial charge is 0.0337 e. The van der Waals surface area contributed by atoms with Crippen LogP contribution in [0.3, 0.4) is 0 Å². The molecule has 0 aromatic carbocycles. The van der Waals surface area contributed by atoms with E-state index in [1.54, 1.807) is 0 Å². The number of hydrogen-bond acceptors (Lipinski definition) is 2. The molecule has 0 spiro atoms. The van der Waals surface area contributed by atoms with Crippen LogP contribution in [0, 0.1) is 5.92 Å². The van der Waals surface area contributed by atoms with Crippen LogP contribution in [0.4, 0.5) is 0 Å². The average Bonchev–Trinajstić information content (AvgIpc) is 1.93. The second kappa shape index (κ2) is 4.50. The highest BCUT2D eigenvalue weighted by molar-refractivity contribution is 5.89. The summed E-state index contributed by atoms with van der Waals surface area (Å²) in [7, 11) is 1.91. The quantitative estimate of drug-likeness (QED) is 0.609. The zero-order valence-electron chi connectivity index (χ0n) is 7.56. The van der Waals surface area contributed by atoms with Crippen molar-refractivity contribution in [3.63, 3.8) is 0 Å². The molecule has 2 nitrogen and oxygen atoms in total. The van der Waals surface area contributed by atoms with E-state index in [1.807, 2.05) is 7.05 Å². The van der Waals surface area contributed by atoms with Crippen molar-refractivity contribution in [2.75, 3.05) is 20.1 Å². The third-order valence-corrected chi connectivity index (χ3v) is 2.42. The number of rotatable bonds is 4. The highest BCUT2D eigenvalue weighted by atomic mass is 14.9. The van der Waals surface area contributed by atoms with Gasteiger partial charge in [-0.15, -0.1) is 0 Å². The Morgan fingerprint density at radius 1 is 1.55 bits per heavy atom. The molecule has 0 bridgehead atoms. The molecule has 1 aliphatic rings. The van der Waals surface area contributed by atoms with E-state index in [-0.39, 0.29) is 0 Å². The first-order valence-electron chi connectivity index (χ1n) is 4.54.